The molecule has 0 aliphatic carbocycles. The zero-order valence-electron chi connectivity index (χ0n) is 11.0. The van der Waals surface area contributed by atoms with E-state index in [1.54, 1.807) is 11.0 Å². The number of nitrogens with zero attached hydrogens (tertiary/aromatic N) is 1. The molecule has 1 saturated heterocycles. The summed E-state index contributed by atoms with van der Waals surface area (Å²) in [5.41, 5.74) is -0.681. The van der Waals surface area contributed by atoms with Crippen molar-refractivity contribution >= 4 is 6.09 Å². The van der Waals surface area contributed by atoms with Gasteiger partial charge in [0.25, 0.3) is 0 Å². The minimum atomic E-state index is -0.457. The molecule has 4 nitrogen and oxygen atoms in total. The molecule has 1 rings (SSSR count). The highest BCUT2D eigenvalue weighted by molar-refractivity contribution is 5.68. The lowest BCUT2D eigenvalue weighted by molar-refractivity contribution is 0.00867. The Labute approximate surface area is 103 Å². The Hall–Kier alpha value is -1.03. The van der Waals surface area contributed by atoms with E-state index in [1.807, 2.05) is 20.8 Å². The lowest BCUT2D eigenvalue weighted by Crippen LogP contribution is -2.45. The highest BCUT2D eigenvalue weighted by Crippen LogP contribution is 2.32. The Balaban J connectivity index is 2.52. The largest absolute Gasteiger partial charge is 0.444 e. The first-order valence-electron chi connectivity index (χ1n) is 6.04. The number of hydrogen-bond donors (Lipinski definition) is 1. The quantitative estimate of drug-likeness (QED) is 0.754. The molecule has 0 unspecified atom stereocenters. The molecule has 98 valence electrons. The second-order valence-corrected chi connectivity index (χ2v) is 5.69. The van der Waals surface area contributed by atoms with Crippen LogP contribution in [0.2, 0.25) is 0 Å². The van der Waals surface area contributed by atoms with Gasteiger partial charge in [-0.15, -0.1) is 6.58 Å². The minimum absolute atomic E-state index is 0.0959. The van der Waals surface area contributed by atoms with Crippen LogP contribution in [0, 0.1) is 5.41 Å². The Morgan fingerprint density at radius 3 is 2.35 bits per heavy atom. The maximum Gasteiger partial charge on any atom is 0.410 e. The van der Waals surface area contributed by atoms with Crippen LogP contribution in [0.5, 0.6) is 0 Å². The molecular weight excluding hydrogens is 218 g/mol. The van der Waals surface area contributed by atoms with Crippen molar-refractivity contribution in [2.75, 3.05) is 19.7 Å². The second kappa shape index (κ2) is 5.08. The summed E-state index contributed by atoms with van der Waals surface area (Å²) >= 11 is 0. The van der Waals surface area contributed by atoms with Gasteiger partial charge in [0.05, 0.1) is 6.61 Å². The standard InChI is InChI=1S/C13H23NO3/c1-5-13(10-15)6-8-14(9-7-13)11(16)17-12(2,3)4/h5,15H,1,6-10H2,2-4H3. The van der Waals surface area contributed by atoms with Gasteiger partial charge < -0.3 is 14.7 Å². The summed E-state index contributed by atoms with van der Waals surface area (Å²) in [5.74, 6) is 0. The van der Waals surface area contributed by atoms with Crippen molar-refractivity contribution in [1.29, 1.82) is 0 Å². The Kier molecular flexibility index (Phi) is 4.20. The highest BCUT2D eigenvalue weighted by Gasteiger charge is 2.34. The Morgan fingerprint density at radius 2 is 2.00 bits per heavy atom. The number of carbonyl (C=O) groups excluding carboxylic acids is 1. The number of amides is 1. The van der Waals surface area contributed by atoms with Crippen LogP contribution < -0.4 is 0 Å². The predicted octanol–water partition coefficient (Wildman–Crippen LogP) is 2.18. The summed E-state index contributed by atoms with van der Waals surface area (Å²) in [5, 5.41) is 9.35. The van der Waals surface area contributed by atoms with Gasteiger partial charge >= 0.3 is 6.09 Å². The van der Waals surface area contributed by atoms with E-state index in [4.69, 9.17) is 4.74 Å². The van der Waals surface area contributed by atoms with Gasteiger partial charge in [-0.05, 0) is 33.6 Å². The molecule has 17 heavy (non-hydrogen) atoms. The lowest BCUT2D eigenvalue weighted by Gasteiger charge is -2.39. The molecule has 1 heterocycles. The van der Waals surface area contributed by atoms with E-state index in [0.717, 1.165) is 12.8 Å². The first-order valence-corrected chi connectivity index (χ1v) is 6.04. The van der Waals surface area contributed by atoms with Crippen LogP contribution in [-0.4, -0.2) is 41.4 Å². The average Bonchev–Trinajstić information content (AvgIpc) is 2.27. The Bertz CT molecular complexity index is 286. The molecule has 1 amide bonds. The third kappa shape index (κ3) is 3.73. The summed E-state index contributed by atoms with van der Waals surface area (Å²) in [4.78, 5) is 13.5. The predicted molar refractivity (Wildman–Crippen MR) is 66.8 cm³/mol. The summed E-state index contributed by atoms with van der Waals surface area (Å²) in [6, 6.07) is 0. The summed E-state index contributed by atoms with van der Waals surface area (Å²) in [7, 11) is 0. The van der Waals surface area contributed by atoms with Gasteiger partial charge in [0.2, 0.25) is 0 Å². The van der Waals surface area contributed by atoms with Gasteiger partial charge in [-0.1, -0.05) is 6.08 Å². The number of aliphatic hydroxyl groups is 1. The van der Waals surface area contributed by atoms with Crippen molar-refractivity contribution in [2.24, 2.45) is 5.41 Å². The summed E-state index contributed by atoms with van der Waals surface area (Å²) in [6.07, 6.45) is 3.02. The monoisotopic (exact) mass is 241 g/mol. The normalized spacial score (nSPS) is 19.9. The van der Waals surface area contributed by atoms with Crippen molar-refractivity contribution in [3.05, 3.63) is 12.7 Å². The fourth-order valence-electron chi connectivity index (χ4n) is 1.89. The van der Waals surface area contributed by atoms with E-state index in [9.17, 15) is 9.90 Å². The van der Waals surface area contributed by atoms with Crippen molar-refractivity contribution < 1.29 is 14.6 Å². The molecule has 0 aromatic carbocycles. The highest BCUT2D eigenvalue weighted by atomic mass is 16.6. The van der Waals surface area contributed by atoms with Crippen molar-refractivity contribution in [1.82, 2.24) is 4.90 Å². The van der Waals surface area contributed by atoms with E-state index >= 15 is 0 Å². The number of hydrogen-bond acceptors (Lipinski definition) is 3. The Morgan fingerprint density at radius 1 is 1.47 bits per heavy atom. The summed E-state index contributed by atoms with van der Waals surface area (Å²) in [6.45, 7) is 10.7. The molecule has 0 saturated carbocycles. The number of ether oxygens (including phenoxy) is 1. The maximum absolute atomic E-state index is 11.8. The number of likely N-dealkylation sites (tertiary alicyclic amines) is 1. The molecule has 0 radical (unpaired) electrons. The van der Waals surface area contributed by atoms with E-state index < -0.39 is 5.60 Å². The van der Waals surface area contributed by atoms with Crippen molar-refractivity contribution in [3.63, 3.8) is 0 Å². The SMILES string of the molecule is C=CC1(CO)CCN(C(=O)OC(C)(C)C)CC1. The van der Waals surface area contributed by atoms with Crippen LogP contribution in [0.4, 0.5) is 4.79 Å². The smallest absolute Gasteiger partial charge is 0.410 e. The topological polar surface area (TPSA) is 49.8 Å². The van der Waals surface area contributed by atoms with Gasteiger partial charge in [-0.3, -0.25) is 0 Å². The maximum atomic E-state index is 11.8. The number of piperidine rings is 1. The molecule has 0 atom stereocenters. The van der Waals surface area contributed by atoms with Crippen LogP contribution in [0.1, 0.15) is 33.6 Å². The zero-order valence-corrected chi connectivity index (χ0v) is 11.0. The molecule has 4 heteroatoms. The molecule has 0 aromatic rings. The van der Waals surface area contributed by atoms with Crippen LogP contribution in [0.3, 0.4) is 0 Å². The van der Waals surface area contributed by atoms with E-state index in [2.05, 4.69) is 6.58 Å². The first-order chi connectivity index (χ1) is 7.82. The fourth-order valence-corrected chi connectivity index (χ4v) is 1.89. The van der Waals surface area contributed by atoms with E-state index in [-0.39, 0.29) is 18.1 Å². The third-order valence-corrected chi connectivity index (χ3v) is 3.16. The fraction of sp³-hybridized carbons (Fsp3) is 0.769. The molecule has 1 N–H and O–H groups in total. The molecule has 1 fully saturated rings. The van der Waals surface area contributed by atoms with Crippen LogP contribution in [-0.2, 0) is 4.74 Å². The van der Waals surface area contributed by atoms with Gasteiger partial charge in [-0.25, -0.2) is 4.79 Å². The van der Waals surface area contributed by atoms with Crippen LogP contribution >= 0.6 is 0 Å². The van der Waals surface area contributed by atoms with Crippen LogP contribution in [0.15, 0.2) is 12.7 Å². The van der Waals surface area contributed by atoms with Crippen molar-refractivity contribution in [2.45, 2.75) is 39.2 Å². The molecular formula is C13H23NO3. The molecule has 0 spiro atoms. The molecule has 1 aliphatic rings. The number of rotatable bonds is 2. The van der Waals surface area contributed by atoms with Gasteiger partial charge in [-0.2, -0.15) is 0 Å². The third-order valence-electron chi connectivity index (χ3n) is 3.16. The first kappa shape index (κ1) is 14.0. The van der Waals surface area contributed by atoms with Crippen LogP contribution in [0.25, 0.3) is 0 Å². The number of carbonyl (C=O) groups is 1. The van der Waals surface area contributed by atoms with E-state index in [1.165, 1.54) is 0 Å². The van der Waals surface area contributed by atoms with Crippen molar-refractivity contribution in [3.8, 4) is 0 Å². The lowest BCUT2D eigenvalue weighted by atomic mass is 9.79. The zero-order chi connectivity index (χ0) is 13.1. The average molecular weight is 241 g/mol. The second-order valence-electron chi connectivity index (χ2n) is 5.69. The molecule has 1 aliphatic heterocycles. The summed E-state index contributed by atoms with van der Waals surface area (Å²) < 4.78 is 5.31. The van der Waals surface area contributed by atoms with E-state index in [0.29, 0.717) is 13.1 Å². The van der Waals surface area contributed by atoms with Gasteiger partial charge in [0.1, 0.15) is 5.60 Å². The molecule has 0 aromatic heterocycles. The number of aliphatic hydroxyl groups excluding tert-OH is 1. The molecule has 0 bridgehead atoms. The minimum Gasteiger partial charge on any atom is -0.444 e. The van der Waals surface area contributed by atoms with Gasteiger partial charge in [0.15, 0.2) is 0 Å². The van der Waals surface area contributed by atoms with Gasteiger partial charge in [0, 0.05) is 18.5 Å².